The molecule has 2 aromatic rings. The molecule has 1 unspecified atom stereocenters. The molecular formula is C22H30ClN3O4. The fraction of sp³-hybridized carbons (Fsp3) is 0.500. The van der Waals surface area contributed by atoms with E-state index in [0.29, 0.717) is 41.8 Å². The number of hydrogen-bond acceptors (Lipinski definition) is 5. The summed E-state index contributed by atoms with van der Waals surface area (Å²) in [5.41, 5.74) is 0.597. The molecule has 0 spiro atoms. The number of aliphatic hydroxyl groups is 1. The average molecular weight is 436 g/mol. The van der Waals surface area contributed by atoms with Crippen LogP contribution in [0.5, 0.6) is 0 Å². The predicted octanol–water partition coefficient (Wildman–Crippen LogP) is 3.23. The van der Waals surface area contributed by atoms with Crippen LogP contribution in [-0.4, -0.2) is 33.4 Å². The first-order chi connectivity index (χ1) is 14.3. The zero-order chi connectivity index (χ0) is 22.3. The number of aliphatic imine (C=N–C) groups is 1. The SMILES string of the molecule is CCCO/C(=N/c1c(C)c(=O)n(CCCO)c(=O)n1C)C(C)Cc1ccc(Cl)cc1. The molecule has 1 heterocycles. The third kappa shape index (κ3) is 5.83. The first-order valence-corrected chi connectivity index (χ1v) is 10.5. The van der Waals surface area contributed by atoms with E-state index in [1.165, 1.54) is 4.57 Å². The van der Waals surface area contributed by atoms with E-state index in [9.17, 15) is 9.59 Å². The van der Waals surface area contributed by atoms with Gasteiger partial charge in [0.15, 0.2) is 5.90 Å². The van der Waals surface area contributed by atoms with Crippen LogP contribution in [0.3, 0.4) is 0 Å². The van der Waals surface area contributed by atoms with Crippen molar-refractivity contribution >= 4 is 23.3 Å². The molecule has 164 valence electrons. The van der Waals surface area contributed by atoms with Crippen molar-refractivity contribution in [3.05, 3.63) is 61.3 Å². The van der Waals surface area contributed by atoms with E-state index in [1.807, 2.05) is 38.1 Å². The Labute approximate surface area is 181 Å². The largest absolute Gasteiger partial charge is 0.480 e. The standard InChI is InChI=1S/C22H30ClN3O4/c1-5-13-30-20(15(2)14-17-7-9-18(23)10-8-17)24-19-16(3)21(28)26(11-6-12-27)22(29)25(19)4/h7-10,15,27H,5-6,11-14H2,1-4H3/b24-20+. The highest BCUT2D eigenvalue weighted by molar-refractivity contribution is 6.30. The Morgan fingerprint density at radius 2 is 1.93 bits per heavy atom. The molecule has 0 fully saturated rings. The van der Waals surface area contributed by atoms with E-state index < -0.39 is 11.2 Å². The summed E-state index contributed by atoms with van der Waals surface area (Å²) in [6.07, 6.45) is 1.83. The lowest BCUT2D eigenvalue weighted by atomic mass is 10.0. The normalized spacial score (nSPS) is 12.8. The fourth-order valence-corrected chi connectivity index (χ4v) is 3.28. The van der Waals surface area contributed by atoms with Crippen LogP contribution in [0.1, 0.15) is 37.8 Å². The number of rotatable bonds is 9. The first kappa shape index (κ1) is 23.9. The fourth-order valence-electron chi connectivity index (χ4n) is 3.15. The third-order valence-corrected chi connectivity index (χ3v) is 5.08. The number of aromatic nitrogens is 2. The molecular weight excluding hydrogens is 406 g/mol. The van der Waals surface area contributed by atoms with E-state index >= 15 is 0 Å². The summed E-state index contributed by atoms with van der Waals surface area (Å²) >= 11 is 5.97. The van der Waals surface area contributed by atoms with Gasteiger partial charge < -0.3 is 9.84 Å². The van der Waals surface area contributed by atoms with Crippen LogP contribution >= 0.6 is 11.6 Å². The minimum Gasteiger partial charge on any atom is -0.480 e. The van der Waals surface area contributed by atoms with Gasteiger partial charge in [-0.25, -0.2) is 4.79 Å². The minimum atomic E-state index is -0.460. The summed E-state index contributed by atoms with van der Waals surface area (Å²) in [7, 11) is 1.59. The molecule has 0 bridgehead atoms. The highest BCUT2D eigenvalue weighted by Gasteiger charge is 2.18. The molecule has 1 aromatic heterocycles. The Bertz CT molecular complexity index is 956. The van der Waals surface area contributed by atoms with Gasteiger partial charge in [-0.15, -0.1) is 0 Å². The second-order valence-electron chi connectivity index (χ2n) is 7.35. The van der Waals surface area contributed by atoms with E-state index in [2.05, 4.69) is 4.99 Å². The Balaban J connectivity index is 2.46. The summed E-state index contributed by atoms with van der Waals surface area (Å²) in [5.74, 6) is 0.709. The number of halogens is 1. The van der Waals surface area contributed by atoms with Gasteiger partial charge in [0, 0.05) is 31.1 Å². The lowest BCUT2D eigenvalue weighted by Crippen LogP contribution is -2.40. The summed E-state index contributed by atoms with van der Waals surface area (Å²) in [5, 5.41) is 9.71. The molecule has 1 atom stereocenters. The third-order valence-electron chi connectivity index (χ3n) is 4.82. The van der Waals surface area contributed by atoms with Gasteiger partial charge in [0.25, 0.3) is 5.56 Å². The topological polar surface area (TPSA) is 85.8 Å². The Kier molecular flexibility index (Phi) is 8.87. The maximum atomic E-state index is 12.7. The van der Waals surface area contributed by atoms with E-state index in [0.717, 1.165) is 16.6 Å². The maximum absolute atomic E-state index is 12.7. The van der Waals surface area contributed by atoms with Crippen LogP contribution in [0.2, 0.25) is 5.02 Å². The lowest BCUT2D eigenvalue weighted by Gasteiger charge is -2.18. The van der Waals surface area contributed by atoms with Crippen molar-refractivity contribution in [2.24, 2.45) is 18.0 Å². The summed E-state index contributed by atoms with van der Waals surface area (Å²) in [4.78, 5) is 30.0. The molecule has 8 heteroatoms. The molecule has 1 N–H and O–H groups in total. The quantitative estimate of drug-likeness (QED) is 0.484. The summed E-state index contributed by atoms with van der Waals surface area (Å²) < 4.78 is 8.40. The van der Waals surface area contributed by atoms with Crippen LogP contribution in [0.15, 0.2) is 38.8 Å². The van der Waals surface area contributed by atoms with E-state index in [-0.39, 0.29) is 19.1 Å². The maximum Gasteiger partial charge on any atom is 0.332 e. The van der Waals surface area contributed by atoms with E-state index in [4.69, 9.17) is 21.4 Å². The Morgan fingerprint density at radius 3 is 2.53 bits per heavy atom. The Hall–Kier alpha value is -2.38. The van der Waals surface area contributed by atoms with Crippen LogP contribution in [0.25, 0.3) is 0 Å². The lowest BCUT2D eigenvalue weighted by molar-refractivity contribution is 0.277. The smallest absolute Gasteiger partial charge is 0.332 e. The number of benzene rings is 1. The molecule has 2 rings (SSSR count). The van der Waals surface area contributed by atoms with Crippen molar-refractivity contribution in [1.82, 2.24) is 9.13 Å². The Morgan fingerprint density at radius 1 is 1.27 bits per heavy atom. The number of hydrogen-bond donors (Lipinski definition) is 1. The van der Waals surface area contributed by atoms with Gasteiger partial charge in [0.1, 0.15) is 5.82 Å². The van der Waals surface area contributed by atoms with E-state index in [1.54, 1.807) is 14.0 Å². The van der Waals surface area contributed by atoms with Gasteiger partial charge in [0.05, 0.1) is 12.2 Å². The predicted molar refractivity (Wildman–Crippen MR) is 120 cm³/mol. The number of ether oxygens (including phenoxy) is 1. The monoisotopic (exact) mass is 435 g/mol. The summed E-state index contributed by atoms with van der Waals surface area (Å²) in [6, 6.07) is 7.60. The molecule has 7 nitrogen and oxygen atoms in total. The zero-order valence-corrected chi connectivity index (χ0v) is 18.8. The second-order valence-corrected chi connectivity index (χ2v) is 7.79. The first-order valence-electron chi connectivity index (χ1n) is 10.2. The molecule has 0 radical (unpaired) electrons. The van der Waals surface area contributed by atoms with Crippen molar-refractivity contribution in [3.63, 3.8) is 0 Å². The molecule has 0 saturated heterocycles. The van der Waals surface area contributed by atoms with Crippen LogP contribution in [0.4, 0.5) is 5.82 Å². The van der Waals surface area contributed by atoms with Gasteiger partial charge in [-0.05, 0) is 43.9 Å². The molecule has 0 amide bonds. The second kappa shape index (κ2) is 11.1. The zero-order valence-electron chi connectivity index (χ0n) is 18.0. The van der Waals surface area contributed by atoms with Gasteiger partial charge in [-0.2, -0.15) is 4.99 Å². The molecule has 0 aliphatic carbocycles. The van der Waals surface area contributed by atoms with Crippen LogP contribution < -0.4 is 11.2 Å². The van der Waals surface area contributed by atoms with Crippen molar-refractivity contribution in [1.29, 1.82) is 0 Å². The highest BCUT2D eigenvalue weighted by atomic mass is 35.5. The molecule has 1 aromatic carbocycles. The molecule has 30 heavy (non-hydrogen) atoms. The van der Waals surface area contributed by atoms with Crippen molar-refractivity contribution in [3.8, 4) is 0 Å². The number of aliphatic hydroxyl groups excluding tert-OH is 1. The van der Waals surface area contributed by atoms with Crippen molar-refractivity contribution in [2.75, 3.05) is 13.2 Å². The van der Waals surface area contributed by atoms with Gasteiger partial charge in [-0.1, -0.05) is 37.6 Å². The number of nitrogens with zero attached hydrogens (tertiary/aromatic N) is 3. The molecule has 0 saturated carbocycles. The summed E-state index contributed by atoms with van der Waals surface area (Å²) in [6.45, 7) is 6.22. The van der Waals surface area contributed by atoms with Gasteiger partial charge in [-0.3, -0.25) is 13.9 Å². The molecule has 0 aliphatic rings. The van der Waals surface area contributed by atoms with Crippen LogP contribution in [0, 0.1) is 12.8 Å². The van der Waals surface area contributed by atoms with Crippen molar-refractivity contribution in [2.45, 2.75) is 46.6 Å². The van der Waals surface area contributed by atoms with Gasteiger partial charge >= 0.3 is 5.69 Å². The average Bonchev–Trinajstić information content (AvgIpc) is 2.73. The van der Waals surface area contributed by atoms with Crippen molar-refractivity contribution < 1.29 is 9.84 Å². The molecule has 0 aliphatic heterocycles. The van der Waals surface area contributed by atoms with Crippen LogP contribution in [-0.2, 0) is 24.8 Å². The highest BCUT2D eigenvalue weighted by Crippen LogP contribution is 2.19. The minimum absolute atomic E-state index is 0.0657. The van der Waals surface area contributed by atoms with Gasteiger partial charge in [0.2, 0.25) is 0 Å².